The summed E-state index contributed by atoms with van der Waals surface area (Å²) < 4.78 is 2.27. The highest BCUT2D eigenvalue weighted by Gasteiger charge is 2.08. The SMILES string of the molecule is O=Cc1cc(S)c(I)c2sccc12. The zero-order valence-corrected chi connectivity index (χ0v) is 10.3. The van der Waals surface area contributed by atoms with Crippen LogP contribution < -0.4 is 0 Å². The zero-order valence-electron chi connectivity index (χ0n) is 6.45. The quantitative estimate of drug-likeness (QED) is 0.483. The predicted molar refractivity (Wildman–Crippen MR) is 67.2 cm³/mol. The average Bonchev–Trinajstić information content (AvgIpc) is 2.60. The lowest BCUT2D eigenvalue weighted by Crippen LogP contribution is -1.84. The number of rotatable bonds is 1. The van der Waals surface area contributed by atoms with Crippen LogP contribution in [0.2, 0.25) is 0 Å². The number of halogens is 1. The van der Waals surface area contributed by atoms with E-state index in [1.165, 1.54) is 0 Å². The predicted octanol–water partition coefficient (Wildman–Crippen LogP) is 3.61. The molecule has 1 nitrogen and oxygen atoms in total. The molecular weight excluding hydrogens is 315 g/mol. The van der Waals surface area contributed by atoms with Crippen LogP contribution in [0.4, 0.5) is 0 Å². The van der Waals surface area contributed by atoms with E-state index in [1.807, 2.05) is 17.5 Å². The Balaban J connectivity index is 2.95. The molecule has 0 spiro atoms. The summed E-state index contributed by atoms with van der Waals surface area (Å²) in [4.78, 5) is 11.6. The van der Waals surface area contributed by atoms with Crippen molar-refractivity contribution < 1.29 is 4.79 Å². The Morgan fingerprint density at radius 3 is 3.00 bits per heavy atom. The molecule has 0 bridgehead atoms. The van der Waals surface area contributed by atoms with Crippen molar-refractivity contribution in [2.24, 2.45) is 0 Å². The molecule has 2 rings (SSSR count). The standard InChI is InChI=1S/C9H5IOS2/c10-8-7(12)3-5(4-11)6-1-2-13-9(6)8/h1-4,12H. The van der Waals surface area contributed by atoms with Crippen LogP contribution in [0.25, 0.3) is 10.1 Å². The van der Waals surface area contributed by atoms with Crippen LogP contribution in [0.15, 0.2) is 22.4 Å². The fourth-order valence-corrected chi connectivity index (χ4v) is 3.23. The summed E-state index contributed by atoms with van der Waals surface area (Å²) in [6, 6.07) is 3.78. The second-order valence-corrected chi connectivity index (χ2v) is 5.06. The van der Waals surface area contributed by atoms with Crippen LogP contribution in [0.1, 0.15) is 10.4 Å². The Kier molecular flexibility index (Phi) is 2.62. The van der Waals surface area contributed by atoms with Crippen LogP contribution >= 0.6 is 46.6 Å². The van der Waals surface area contributed by atoms with Crippen LogP contribution in [-0.2, 0) is 0 Å². The van der Waals surface area contributed by atoms with Gasteiger partial charge in [0, 0.05) is 24.1 Å². The molecule has 0 aliphatic rings. The summed E-state index contributed by atoms with van der Waals surface area (Å²) in [5.41, 5.74) is 0.724. The summed E-state index contributed by atoms with van der Waals surface area (Å²) in [5, 5.41) is 3.02. The number of hydrogen-bond donors (Lipinski definition) is 1. The van der Waals surface area contributed by atoms with Crippen molar-refractivity contribution in [2.75, 3.05) is 0 Å². The van der Waals surface area contributed by atoms with Gasteiger partial charge in [-0.05, 0) is 40.1 Å². The van der Waals surface area contributed by atoms with Crippen LogP contribution in [0.3, 0.4) is 0 Å². The topological polar surface area (TPSA) is 17.1 Å². The number of carbonyl (C=O) groups is 1. The maximum Gasteiger partial charge on any atom is 0.150 e. The fraction of sp³-hybridized carbons (Fsp3) is 0. The molecule has 0 saturated carbocycles. The van der Waals surface area contributed by atoms with Gasteiger partial charge in [0.2, 0.25) is 0 Å². The van der Waals surface area contributed by atoms with Gasteiger partial charge in [0.1, 0.15) is 0 Å². The summed E-state index contributed by atoms with van der Waals surface area (Å²) in [6.07, 6.45) is 0.880. The van der Waals surface area contributed by atoms with Gasteiger partial charge in [-0.15, -0.1) is 24.0 Å². The first kappa shape index (κ1) is 9.48. The van der Waals surface area contributed by atoms with Gasteiger partial charge in [-0.1, -0.05) is 0 Å². The van der Waals surface area contributed by atoms with E-state index in [1.54, 1.807) is 11.3 Å². The Morgan fingerprint density at radius 2 is 2.31 bits per heavy atom. The third-order valence-corrected chi connectivity index (χ3v) is 5.02. The van der Waals surface area contributed by atoms with E-state index in [-0.39, 0.29) is 0 Å². The third-order valence-electron chi connectivity index (χ3n) is 1.82. The molecule has 0 atom stereocenters. The number of benzene rings is 1. The second-order valence-electron chi connectivity index (χ2n) is 2.58. The second kappa shape index (κ2) is 3.59. The first-order valence-corrected chi connectivity index (χ1v) is 5.98. The highest BCUT2D eigenvalue weighted by molar-refractivity contribution is 14.1. The molecule has 0 radical (unpaired) electrons. The van der Waals surface area contributed by atoms with Crippen molar-refractivity contribution in [1.82, 2.24) is 0 Å². The van der Waals surface area contributed by atoms with Crippen LogP contribution in [0, 0.1) is 3.57 Å². The summed E-state index contributed by atoms with van der Waals surface area (Å²) in [7, 11) is 0. The maximum atomic E-state index is 10.8. The number of hydrogen-bond acceptors (Lipinski definition) is 3. The molecule has 0 amide bonds. The average molecular weight is 320 g/mol. The molecule has 0 unspecified atom stereocenters. The van der Waals surface area contributed by atoms with Gasteiger partial charge in [0.25, 0.3) is 0 Å². The van der Waals surface area contributed by atoms with Crippen molar-refractivity contribution >= 4 is 62.9 Å². The molecule has 0 fully saturated rings. The minimum atomic E-state index is 0.724. The van der Waals surface area contributed by atoms with Gasteiger partial charge in [0.05, 0.1) is 0 Å². The van der Waals surface area contributed by atoms with E-state index in [0.29, 0.717) is 0 Å². The van der Waals surface area contributed by atoms with E-state index in [4.69, 9.17) is 0 Å². The highest BCUT2D eigenvalue weighted by atomic mass is 127. The molecule has 4 heteroatoms. The Bertz CT molecular complexity index is 476. The number of fused-ring (bicyclic) bond motifs is 1. The maximum absolute atomic E-state index is 10.8. The number of thiol groups is 1. The first-order valence-electron chi connectivity index (χ1n) is 3.58. The summed E-state index contributed by atoms with van der Waals surface area (Å²) >= 11 is 8.21. The van der Waals surface area contributed by atoms with Crippen LogP contribution in [0.5, 0.6) is 0 Å². The van der Waals surface area contributed by atoms with Crippen molar-refractivity contribution in [1.29, 1.82) is 0 Å². The molecule has 1 heterocycles. The first-order chi connectivity index (χ1) is 6.24. The number of carbonyl (C=O) groups excluding carboxylic acids is 1. The van der Waals surface area contributed by atoms with E-state index in [9.17, 15) is 4.79 Å². The fourth-order valence-electron chi connectivity index (χ4n) is 1.21. The van der Waals surface area contributed by atoms with E-state index < -0.39 is 0 Å². The van der Waals surface area contributed by atoms with Gasteiger partial charge < -0.3 is 0 Å². The Morgan fingerprint density at radius 1 is 1.54 bits per heavy atom. The number of thiophene rings is 1. The lowest BCUT2D eigenvalue weighted by atomic mass is 10.1. The van der Waals surface area contributed by atoms with E-state index in [2.05, 4.69) is 35.2 Å². The molecule has 0 aliphatic heterocycles. The minimum Gasteiger partial charge on any atom is -0.298 e. The molecule has 66 valence electrons. The van der Waals surface area contributed by atoms with Gasteiger partial charge in [0.15, 0.2) is 6.29 Å². The molecular formula is C9H5IOS2. The van der Waals surface area contributed by atoms with E-state index >= 15 is 0 Å². The van der Waals surface area contributed by atoms with Gasteiger partial charge in [-0.2, -0.15) is 0 Å². The molecule has 2 aromatic rings. The third kappa shape index (κ3) is 1.51. The molecule has 1 aromatic carbocycles. The normalized spacial score (nSPS) is 10.6. The zero-order chi connectivity index (χ0) is 9.42. The van der Waals surface area contributed by atoms with E-state index in [0.717, 1.165) is 30.4 Å². The monoisotopic (exact) mass is 320 g/mol. The molecule has 0 saturated heterocycles. The Labute approximate surface area is 98.7 Å². The van der Waals surface area contributed by atoms with Gasteiger partial charge in [-0.25, -0.2) is 0 Å². The Hall–Kier alpha value is -0.0700. The molecule has 0 aliphatic carbocycles. The van der Waals surface area contributed by atoms with Crippen LogP contribution in [-0.4, -0.2) is 6.29 Å². The lowest BCUT2D eigenvalue weighted by molar-refractivity contribution is 0.112. The summed E-state index contributed by atoms with van der Waals surface area (Å²) in [5.74, 6) is 0. The largest absolute Gasteiger partial charge is 0.298 e. The number of aldehydes is 1. The van der Waals surface area contributed by atoms with Crippen molar-refractivity contribution in [2.45, 2.75) is 4.90 Å². The molecule has 1 aromatic heterocycles. The minimum absolute atomic E-state index is 0.724. The summed E-state index contributed by atoms with van der Waals surface area (Å²) in [6.45, 7) is 0. The molecule has 13 heavy (non-hydrogen) atoms. The van der Waals surface area contributed by atoms with Gasteiger partial charge in [-0.3, -0.25) is 4.79 Å². The molecule has 0 N–H and O–H groups in total. The highest BCUT2D eigenvalue weighted by Crippen LogP contribution is 2.32. The smallest absolute Gasteiger partial charge is 0.150 e. The van der Waals surface area contributed by atoms with Crippen molar-refractivity contribution in [3.05, 3.63) is 26.6 Å². The van der Waals surface area contributed by atoms with Crippen molar-refractivity contribution in [3.8, 4) is 0 Å². The van der Waals surface area contributed by atoms with Gasteiger partial charge >= 0.3 is 0 Å². The van der Waals surface area contributed by atoms with Crippen molar-refractivity contribution in [3.63, 3.8) is 0 Å². The lowest BCUT2D eigenvalue weighted by Gasteiger charge is -2.01.